The van der Waals surface area contributed by atoms with E-state index >= 15 is 0 Å². The van der Waals surface area contributed by atoms with Gasteiger partial charge in [-0.3, -0.25) is 0 Å². The van der Waals surface area contributed by atoms with Crippen molar-refractivity contribution in [3.63, 3.8) is 0 Å². The lowest BCUT2D eigenvalue weighted by atomic mass is 9.89. The van der Waals surface area contributed by atoms with Crippen LogP contribution in [0.4, 0.5) is 31.5 Å². The molecule has 30 heavy (non-hydrogen) atoms. The first-order chi connectivity index (χ1) is 13.8. The summed E-state index contributed by atoms with van der Waals surface area (Å²) in [5, 5.41) is 18.4. The SMILES string of the molecule is O=C(O)c1ccc(C2CCN(c3ncc(C(O)(C(F)(F)F)C(F)(F)F)s3)CC2)cc1. The van der Waals surface area contributed by atoms with Crippen molar-refractivity contribution in [1.82, 2.24) is 4.98 Å². The molecule has 0 saturated carbocycles. The van der Waals surface area contributed by atoms with E-state index in [9.17, 15) is 36.2 Å². The molecule has 0 aliphatic carbocycles. The van der Waals surface area contributed by atoms with Crippen LogP contribution < -0.4 is 4.90 Å². The van der Waals surface area contributed by atoms with Crippen molar-refractivity contribution in [3.05, 3.63) is 46.5 Å². The van der Waals surface area contributed by atoms with Crippen molar-refractivity contribution in [2.24, 2.45) is 0 Å². The van der Waals surface area contributed by atoms with Crippen LogP contribution in [0.15, 0.2) is 30.5 Å². The van der Waals surface area contributed by atoms with Crippen LogP contribution in [0.3, 0.4) is 0 Å². The number of piperidine rings is 1. The summed E-state index contributed by atoms with van der Waals surface area (Å²) in [7, 11) is 0. The minimum absolute atomic E-state index is 0.0309. The molecule has 0 unspecified atom stereocenters. The molecule has 5 nitrogen and oxygen atoms in total. The molecule has 0 amide bonds. The number of benzene rings is 1. The highest BCUT2D eigenvalue weighted by Gasteiger charge is 2.72. The number of carboxylic acids is 1. The second kappa shape index (κ2) is 7.73. The van der Waals surface area contributed by atoms with Gasteiger partial charge in [0.1, 0.15) is 0 Å². The maximum atomic E-state index is 13.0. The lowest BCUT2D eigenvalue weighted by molar-refractivity contribution is -0.375. The fraction of sp³-hybridized carbons (Fsp3) is 0.444. The molecule has 1 aliphatic heterocycles. The highest BCUT2D eigenvalue weighted by Crippen LogP contribution is 2.52. The molecule has 0 bridgehead atoms. The Morgan fingerprint density at radius 1 is 1.03 bits per heavy atom. The molecule has 12 heteroatoms. The van der Waals surface area contributed by atoms with Crippen LogP contribution in [0.1, 0.15) is 39.6 Å². The molecule has 1 aliphatic rings. The number of carboxylic acid groups (broad SMARTS) is 1. The Hall–Kier alpha value is -2.34. The van der Waals surface area contributed by atoms with E-state index in [2.05, 4.69) is 4.98 Å². The number of hydrogen-bond acceptors (Lipinski definition) is 5. The van der Waals surface area contributed by atoms with Gasteiger partial charge in [-0.25, -0.2) is 9.78 Å². The van der Waals surface area contributed by atoms with Gasteiger partial charge in [0.2, 0.25) is 0 Å². The topological polar surface area (TPSA) is 73.7 Å². The van der Waals surface area contributed by atoms with Crippen LogP contribution in [0.2, 0.25) is 0 Å². The van der Waals surface area contributed by atoms with E-state index in [4.69, 9.17) is 5.11 Å². The number of nitrogens with zero attached hydrogens (tertiary/aromatic N) is 2. The number of aromatic carboxylic acids is 1. The van der Waals surface area contributed by atoms with Crippen LogP contribution in [0.5, 0.6) is 0 Å². The number of halogens is 6. The summed E-state index contributed by atoms with van der Waals surface area (Å²) in [6, 6.07) is 6.34. The van der Waals surface area contributed by atoms with Crippen LogP contribution >= 0.6 is 11.3 Å². The highest BCUT2D eigenvalue weighted by molar-refractivity contribution is 7.15. The van der Waals surface area contributed by atoms with Gasteiger partial charge in [-0.15, -0.1) is 0 Å². The predicted octanol–water partition coefficient (Wildman–Crippen LogP) is 4.54. The maximum Gasteiger partial charge on any atom is 0.431 e. The molecule has 2 aromatic rings. The monoisotopic (exact) mass is 454 g/mol. The quantitative estimate of drug-likeness (QED) is 0.664. The van der Waals surface area contributed by atoms with E-state index in [1.54, 1.807) is 17.0 Å². The Bertz CT molecular complexity index is 888. The number of aromatic nitrogens is 1. The molecule has 2 N–H and O–H groups in total. The maximum absolute atomic E-state index is 13.0. The molecule has 1 fully saturated rings. The van der Waals surface area contributed by atoms with E-state index in [1.807, 2.05) is 0 Å². The molecule has 164 valence electrons. The number of hydrogen-bond donors (Lipinski definition) is 2. The first-order valence-electron chi connectivity index (χ1n) is 8.75. The van der Waals surface area contributed by atoms with E-state index in [-0.39, 0.29) is 27.9 Å². The Labute approximate surface area is 170 Å². The summed E-state index contributed by atoms with van der Waals surface area (Å²) in [4.78, 5) is 14.8. The van der Waals surface area contributed by atoms with Gasteiger partial charge >= 0.3 is 18.3 Å². The third-order valence-corrected chi connectivity index (χ3v) is 6.23. The molecule has 0 spiro atoms. The lowest BCUT2D eigenvalue weighted by Gasteiger charge is -2.32. The zero-order valence-corrected chi connectivity index (χ0v) is 16.0. The van der Waals surface area contributed by atoms with Crippen LogP contribution in [0.25, 0.3) is 0 Å². The molecule has 3 rings (SSSR count). The number of anilines is 1. The van der Waals surface area contributed by atoms with Crippen molar-refractivity contribution in [2.75, 3.05) is 18.0 Å². The largest absolute Gasteiger partial charge is 0.478 e. The van der Waals surface area contributed by atoms with Crippen molar-refractivity contribution >= 4 is 22.4 Å². The van der Waals surface area contributed by atoms with Crippen LogP contribution in [-0.2, 0) is 5.60 Å². The summed E-state index contributed by atoms with van der Waals surface area (Å²) in [6.07, 6.45) is -10.3. The van der Waals surface area contributed by atoms with Crippen LogP contribution in [0, 0.1) is 0 Å². The van der Waals surface area contributed by atoms with Crippen LogP contribution in [-0.4, -0.2) is 46.6 Å². The van der Waals surface area contributed by atoms with Gasteiger partial charge in [-0.05, 0) is 36.5 Å². The zero-order valence-electron chi connectivity index (χ0n) is 15.2. The number of rotatable bonds is 4. The minimum Gasteiger partial charge on any atom is -0.478 e. The average Bonchev–Trinajstić information content (AvgIpc) is 3.16. The third kappa shape index (κ3) is 3.97. The van der Waals surface area contributed by atoms with Gasteiger partial charge in [-0.1, -0.05) is 23.5 Å². The molecule has 2 heterocycles. The first-order valence-corrected chi connectivity index (χ1v) is 9.56. The Balaban J connectivity index is 1.73. The summed E-state index contributed by atoms with van der Waals surface area (Å²) in [5.74, 6) is -0.973. The van der Waals surface area contributed by atoms with Crippen molar-refractivity contribution in [2.45, 2.75) is 36.7 Å². The van der Waals surface area contributed by atoms with E-state index in [1.165, 1.54) is 12.1 Å². The molecule has 0 radical (unpaired) electrons. The predicted molar refractivity (Wildman–Crippen MR) is 95.7 cm³/mol. The Morgan fingerprint density at radius 2 is 1.57 bits per heavy atom. The molecule has 0 atom stereocenters. The summed E-state index contributed by atoms with van der Waals surface area (Å²) in [6.45, 7) is 0.684. The smallest absolute Gasteiger partial charge is 0.431 e. The van der Waals surface area contributed by atoms with E-state index in [0.717, 1.165) is 5.56 Å². The number of thiazole rings is 1. The number of carbonyl (C=O) groups is 1. The second-order valence-corrected chi connectivity index (χ2v) is 7.91. The fourth-order valence-corrected chi connectivity index (χ4v) is 4.42. The average molecular weight is 454 g/mol. The number of alkyl halides is 6. The first kappa shape index (κ1) is 22.3. The number of aliphatic hydroxyl groups is 1. The van der Waals surface area contributed by atoms with Gasteiger partial charge in [-0.2, -0.15) is 26.3 Å². The van der Waals surface area contributed by atoms with E-state index in [0.29, 0.717) is 32.1 Å². The molecule has 1 saturated heterocycles. The van der Waals surface area contributed by atoms with Gasteiger partial charge in [0.05, 0.1) is 10.4 Å². The van der Waals surface area contributed by atoms with Crippen molar-refractivity contribution in [1.29, 1.82) is 0 Å². The van der Waals surface area contributed by atoms with Crippen molar-refractivity contribution in [3.8, 4) is 0 Å². The van der Waals surface area contributed by atoms with Gasteiger partial charge in [0, 0.05) is 19.3 Å². The van der Waals surface area contributed by atoms with E-state index < -0.39 is 28.8 Å². The minimum atomic E-state index is -5.94. The lowest BCUT2D eigenvalue weighted by Crippen LogP contribution is -2.53. The molecular formula is C18H16F6N2O3S. The van der Waals surface area contributed by atoms with Gasteiger partial charge < -0.3 is 15.1 Å². The van der Waals surface area contributed by atoms with Gasteiger partial charge in [0.25, 0.3) is 5.60 Å². The molecule has 1 aromatic heterocycles. The Morgan fingerprint density at radius 3 is 2.03 bits per heavy atom. The molecule has 1 aromatic carbocycles. The fourth-order valence-electron chi connectivity index (χ4n) is 3.32. The molecular weight excluding hydrogens is 438 g/mol. The highest BCUT2D eigenvalue weighted by atomic mass is 32.1. The second-order valence-electron chi connectivity index (χ2n) is 6.90. The summed E-state index contributed by atoms with van der Waals surface area (Å²) >= 11 is 0.162. The zero-order chi connectivity index (χ0) is 22.3. The third-order valence-electron chi connectivity index (χ3n) is 5.07. The normalized spacial score (nSPS) is 16.7. The summed E-state index contributed by atoms with van der Waals surface area (Å²) in [5.41, 5.74) is -3.92. The van der Waals surface area contributed by atoms with Gasteiger partial charge in [0.15, 0.2) is 5.13 Å². The Kier molecular flexibility index (Phi) is 5.76. The van der Waals surface area contributed by atoms with Crippen molar-refractivity contribution < 1.29 is 41.4 Å². The summed E-state index contributed by atoms with van der Waals surface area (Å²) < 4.78 is 78.1. The standard InChI is InChI=1S/C18H16F6N2O3S/c19-17(20,21)16(29,18(22,23)24)13-9-25-15(30-13)26-7-5-11(6-8-26)10-1-3-12(4-2-10)14(27)28/h1-4,9,11,29H,5-8H2,(H,27,28).